The molecule has 2 aliphatic rings. The Morgan fingerprint density at radius 1 is 1.00 bits per heavy atom. The molecule has 4 nitrogen and oxygen atoms in total. The lowest BCUT2D eigenvalue weighted by Crippen LogP contribution is -2.68. The van der Waals surface area contributed by atoms with E-state index in [2.05, 4.69) is 43.4 Å². The Morgan fingerprint density at radius 3 is 2.44 bits per heavy atom. The second-order valence-corrected chi connectivity index (χ2v) is 10.6. The van der Waals surface area contributed by atoms with Crippen LogP contribution in [0.25, 0.3) is 0 Å². The maximum Gasteiger partial charge on any atom is 0.243 e. The predicted molar refractivity (Wildman–Crippen MR) is 108 cm³/mol. The van der Waals surface area contributed by atoms with Gasteiger partial charge in [-0.15, -0.1) is 0 Å². The highest BCUT2D eigenvalue weighted by atomic mass is 32.2. The molecule has 5 heteroatoms. The Bertz CT molecular complexity index is 951. The van der Waals surface area contributed by atoms with Crippen molar-refractivity contribution in [2.24, 2.45) is 0 Å². The van der Waals surface area contributed by atoms with E-state index in [-0.39, 0.29) is 11.1 Å². The molecule has 2 aromatic rings. The van der Waals surface area contributed by atoms with Crippen LogP contribution in [-0.4, -0.2) is 31.4 Å². The smallest absolute Gasteiger partial charge is 0.243 e. The average molecular weight is 385 g/mol. The van der Waals surface area contributed by atoms with Crippen molar-refractivity contribution in [3.8, 4) is 0 Å². The number of hydrogen-bond acceptors (Lipinski definition) is 3. The first-order chi connectivity index (χ1) is 12.7. The van der Waals surface area contributed by atoms with Crippen molar-refractivity contribution in [1.82, 2.24) is 9.62 Å². The van der Waals surface area contributed by atoms with Crippen LogP contribution >= 0.6 is 0 Å². The van der Waals surface area contributed by atoms with Gasteiger partial charge in [0.25, 0.3) is 0 Å². The van der Waals surface area contributed by atoms with E-state index >= 15 is 0 Å². The van der Waals surface area contributed by atoms with E-state index in [0.29, 0.717) is 18.0 Å². The van der Waals surface area contributed by atoms with E-state index in [1.165, 1.54) is 11.1 Å². The molecule has 1 heterocycles. The molecule has 1 aliphatic carbocycles. The maximum absolute atomic E-state index is 13.4. The second kappa shape index (κ2) is 6.43. The fraction of sp³-hybridized carbons (Fsp3) is 0.455. The minimum absolute atomic E-state index is 0.305. The van der Waals surface area contributed by atoms with E-state index in [1.807, 2.05) is 19.1 Å². The number of piperazine rings is 1. The molecule has 0 unspecified atom stereocenters. The summed E-state index contributed by atoms with van der Waals surface area (Å²) < 4.78 is 28.5. The van der Waals surface area contributed by atoms with Gasteiger partial charge in [0.05, 0.1) is 10.4 Å². The first-order valence-electron chi connectivity index (χ1n) is 9.67. The van der Waals surface area contributed by atoms with Crippen molar-refractivity contribution in [3.63, 3.8) is 0 Å². The standard InChI is InChI=1S/C22H28N2O2S/c1-17-10-12-19(13-11-17)27(25,26)24-15-21(2,3)23-22(16-24)14-6-8-18-7-4-5-9-20(18)22/h4-5,7,9-13,23H,6,8,14-16H2,1-3H3/t22-/m0/s1. The second-order valence-electron chi connectivity index (χ2n) is 8.69. The van der Waals surface area contributed by atoms with Gasteiger partial charge in [-0.2, -0.15) is 4.31 Å². The Hall–Kier alpha value is -1.69. The quantitative estimate of drug-likeness (QED) is 0.861. The van der Waals surface area contributed by atoms with Crippen molar-refractivity contribution in [2.75, 3.05) is 13.1 Å². The van der Waals surface area contributed by atoms with Gasteiger partial charge in [-0.3, -0.25) is 5.32 Å². The van der Waals surface area contributed by atoms with Gasteiger partial charge < -0.3 is 0 Å². The molecule has 1 spiro atoms. The van der Waals surface area contributed by atoms with Gasteiger partial charge in [0, 0.05) is 18.6 Å². The number of sulfonamides is 1. The molecule has 0 bridgehead atoms. The highest BCUT2D eigenvalue weighted by molar-refractivity contribution is 7.89. The molecule has 1 saturated heterocycles. The summed E-state index contributed by atoms with van der Waals surface area (Å²) in [5.41, 5.74) is 3.02. The van der Waals surface area contributed by atoms with Gasteiger partial charge in [-0.05, 0) is 63.3 Å². The number of fused-ring (bicyclic) bond motifs is 2. The van der Waals surface area contributed by atoms with Gasteiger partial charge in [-0.1, -0.05) is 42.0 Å². The molecule has 0 amide bonds. The largest absolute Gasteiger partial charge is 0.300 e. The van der Waals surface area contributed by atoms with Crippen LogP contribution < -0.4 is 5.32 Å². The molecule has 1 N–H and O–H groups in total. The molecule has 0 aromatic heterocycles. The van der Waals surface area contributed by atoms with Crippen molar-refractivity contribution in [2.45, 2.75) is 56.0 Å². The third kappa shape index (κ3) is 3.33. The number of nitrogens with one attached hydrogen (secondary N) is 1. The van der Waals surface area contributed by atoms with Crippen LogP contribution in [0, 0.1) is 6.92 Å². The van der Waals surface area contributed by atoms with Gasteiger partial charge in [0.2, 0.25) is 10.0 Å². The molecule has 4 rings (SSSR count). The lowest BCUT2D eigenvalue weighted by atomic mass is 9.73. The summed E-state index contributed by atoms with van der Waals surface area (Å²) in [6, 6.07) is 15.7. The summed E-state index contributed by atoms with van der Waals surface area (Å²) in [5, 5.41) is 3.82. The van der Waals surface area contributed by atoms with Crippen molar-refractivity contribution in [1.29, 1.82) is 0 Å². The minimum Gasteiger partial charge on any atom is -0.300 e. The molecule has 0 saturated carbocycles. The fourth-order valence-electron chi connectivity index (χ4n) is 4.77. The van der Waals surface area contributed by atoms with Crippen LogP contribution in [0.2, 0.25) is 0 Å². The lowest BCUT2D eigenvalue weighted by molar-refractivity contribution is 0.0955. The van der Waals surface area contributed by atoms with Crippen LogP contribution in [0.5, 0.6) is 0 Å². The molecule has 1 aliphatic heterocycles. The number of aryl methyl sites for hydroxylation is 2. The molecule has 144 valence electrons. The predicted octanol–water partition coefficient (Wildman–Crippen LogP) is 3.60. The first-order valence-corrected chi connectivity index (χ1v) is 11.1. The van der Waals surface area contributed by atoms with E-state index in [1.54, 1.807) is 16.4 Å². The van der Waals surface area contributed by atoms with E-state index in [4.69, 9.17) is 0 Å². The van der Waals surface area contributed by atoms with Crippen LogP contribution in [0.15, 0.2) is 53.4 Å². The lowest BCUT2D eigenvalue weighted by Gasteiger charge is -2.52. The monoisotopic (exact) mass is 384 g/mol. The SMILES string of the molecule is Cc1ccc(S(=O)(=O)N2CC(C)(C)N[C@@]3(CCCc4ccccc43)C2)cc1. The van der Waals surface area contributed by atoms with Crippen molar-refractivity contribution in [3.05, 3.63) is 65.2 Å². The Labute approximate surface area is 162 Å². The molecular weight excluding hydrogens is 356 g/mol. The topological polar surface area (TPSA) is 49.4 Å². The molecule has 0 radical (unpaired) electrons. The number of hydrogen-bond donors (Lipinski definition) is 1. The molecule has 2 aromatic carbocycles. The zero-order valence-electron chi connectivity index (χ0n) is 16.3. The normalized spacial score (nSPS) is 25.3. The highest BCUT2D eigenvalue weighted by Crippen LogP contribution is 2.41. The average Bonchev–Trinajstić information content (AvgIpc) is 2.61. The van der Waals surface area contributed by atoms with Gasteiger partial charge >= 0.3 is 0 Å². The number of rotatable bonds is 2. The van der Waals surface area contributed by atoms with Crippen LogP contribution in [-0.2, 0) is 22.0 Å². The number of benzene rings is 2. The summed E-state index contributed by atoms with van der Waals surface area (Å²) >= 11 is 0. The maximum atomic E-state index is 13.4. The molecule has 1 atom stereocenters. The minimum atomic E-state index is -3.53. The summed E-state index contributed by atoms with van der Waals surface area (Å²) in [6.07, 6.45) is 3.08. The molecular formula is C22H28N2O2S. The summed E-state index contributed by atoms with van der Waals surface area (Å²) in [5.74, 6) is 0. The third-order valence-electron chi connectivity index (χ3n) is 5.84. The van der Waals surface area contributed by atoms with Crippen LogP contribution in [0.4, 0.5) is 0 Å². The van der Waals surface area contributed by atoms with Crippen LogP contribution in [0.1, 0.15) is 43.4 Å². The Kier molecular flexibility index (Phi) is 4.45. The Balaban J connectivity index is 1.77. The zero-order valence-corrected chi connectivity index (χ0v) is 17.1. The molecule has 27 heavy (non-hydrogen) atoms. The van der Waals surface area contributed by atoms with E-state index in [0.717, 1.165) is 24.8 Å². The zero-order chi connectivity index (χ0) is 19.3. The first kappa shape index (κ1) is 18.7. The fourth-order valence-corrected chi connectivity index (χ4v) is 6.43. The van der Waals surface area contributed by atoms with E-state index in [9.17, 15) is 8.42 Å². The number of nitrogens with zero attached hydrogens (tertiary/aromatic N) is 1. The van der Waals surface area contributed by atoms with Crippen molar-refractivity contribution < 1.29 is 8.42 Å². The summed E-state index contributed by atoms with van der Waals surface area (Å²) in [7, 11) is -3.53. The summed E-state index contributed by atoms with van der Waals surface area (Å²) in [4.78, 5) is 0.380. The van der Waals surface area contributed by atoms with E-state index < -0.39 is 10.0 Å². The van der Waals surface area contributed by atoms with Gasteiger partial charge in [-0.25, -0.2) is 8.42 Å². The van der Waals surface area contributed by atoms with Gasteiger partial charge in [0.15, 0.2) is 0 Å². The van der Waals surface area contributed by atoms with Gasteiger partial charge in [0.1, 0.15) is 0 Å². The van der Waals surface area contributed by atoms with Crippen LogP contribution in [0.3, 0.4) is 0 Å². The summed E-state index contributed by atoms with van der Waals surface area (Å²) in [6.45, 7) is 7.11. The third-order valence-corrected chi connectivity index (χ3v) is 7.64. The molecule has 1 fully saturated rings. The Morgan fingerprint density at radius 2 is 1.70 bits per heavy atom. The highest BCUT2D eigenvalue weighted by Gasteiger charge is 2.48. The van der Waals surface area contributed by atoms with Crippen molar-refractivity contribution >= 4 is 10.0 Å².